The van der Waals surface area contributed by atoms with Crippen molar-refractivity contribution >= 4 is 5.91 Å². The molecule has 3 rings (SSSR count). The number of carbonyl (C=O) groups is 1. The first-order valence-electron chi connectivity index (χ1n) is 8.65. The Morgan fingerprint density at radius 3 is 2.83 bits per heavy atom. The Hall–Kier alpha value is -2.14. The van der Waals surface area contributed by atoms with Crippen LogP contribution in [0, 0.1) is 13.8 Å². The average molecular weight is 327 g/mol. The first-order chi connectivity index (χ1) is 11.6. The molecule has 1 fully saturated rings. The molecule has 1 amide bonds. The van der Waals surface area contributed by atoms with E-state index in [2.05, 4.69) is 29.4 Å². The van der Waals surface area contributed by atoms with Gasteiger partial charge in [-0.2, -0.15) is 0 Å². The van der Waals surface area contributed by atoms with Crippen LogP contribution in [0.4, 0.5) is 0 Å². The van der Waals surface area contributed by atoms with E-state index in [1.54, 1.807) is 0 Å². The lowest BCUT2D eigenvalue weighted by Crippen LogP contribution is -2.36. The Morgan fingerprint density at radius 2 is 2.08 bits per heavy atom. The van der Waals surface area contributed by atoms with Crippen LogP contribution in [0.3, 0.4) is 0 Å². The summed E-state index contributed by atoms with van der Waals surface area (Å²) in [5.41, 5.74) is 3.14. The van der Waals surface area contributed by atoms with Crippen molar-refractivity contribution in [3.63, 3.8) is 0 Å². The number of benzene rings is 1. The molecule has 1 aliphatic rings. The summed E-state index contributed by atoms with van der Waals surface area (Å²) >= 11 is 0. The van der Waals surface area contributed by atoms with Crippen molar-refractivity contribution in [2.45, 2.75) is 33.1 Å². The van der Waals surface area contributed by atoms with Crippen molar-refractivity contribution in [2.24, 2.45) is 0 Å². The Bertz CT molecular complexity index is 702. The van der Waals surface area contributed by atoms with Gasteiger partial charge in [0.15, 0.2) is 0 Å². The molecule has 0 atom stereocenters. The lowest BCUT2D eigenvalue weighted by Gasteiger charge is -2.15. The molecule has 0 spiro atoms. The summed E-state index contributed by atoms with van der Waals surface area (Å²) in [6, 6.07) is 8.15. The molecule has 0 aliphatic carbocycles. The van der Waals surface area contributed by atoms with E-state index in [1.165, 1.54) is 5.56 Å². The van der Waals surface area contributed by atoms with E-state index in [-0.39, 0.29) is 5.91 Å². The molecule has 1 aliphatic heterocycles. The van der Waals surface area contributed by atoms with Gasteiger partial charge in [0, 0.05) is 31.6 Å². The molecule has 0 radical (unpaired) electrons. The van der Waals surface area contributed by atoms with E-state index < -0.39 is 0 Å². The number of aryl methyl sites for hydroxylation is 2. The third-order valence-electron chi connectivity index (χ3n) is 4.43. The Kier molecular flexibility index (Phi) is 5.30. The van der Waals surface area contributed by atoms with Gasteiger partial charge < -0.3 is 14.6 Å². The predicted molar refractivity (Wildman–Crippen MR) is 93.8 cm³/mol. The minimum absolute atomic E-state index is 0.199. The highest BCUT2D eigenvalue weighted by Crippen LogP contribution is 2.22. The second kappa shape index (κ2) is 7.62. The monoisotopic (exact) mass is 327 g/mol. The molecular formula is C19H25N3O2. The second-order valence-electron chi connectivity index (χ2n) is 6.41. The third kappa shape index (κ3) is 4.03. The number of nitrogens with zero attached hydrogens (tertiary/aromatic N) is 2. The smallest absolute Gasteiger partial charge is 0.236 e. The maximum absolute atomic E-state index is 12.0. The highest BCUT2D eigenvalue weighted by molar-refractivity contribution is 5.78. The highest BCUT2D eigenvalue weighted by atomic mass is 16.4. The zero-order chi connectivity index (χ0) is 16.9. The van der Waals surface area contributed by atoms with Crippen LogP contribution in [0.2, 0.25) is 0 Å². The molecule has 2 heterocycles. The quantitative estimate of drug-likeness (QED) is 0.829. The summed E-state index contributed by atoms with van der Waals surface area (Å²) in [5, 5.41) is 3.22. The summed E-state index contributed by atoms with van der Waals surface area (Å²) in [5.74, 6) is 1.71. The van der Waals surface area contributed by atoms with E-state index >= 15 is 0 Å². The number of carbonyl (C=O) groups excluding carboxylic acids is 1. The lowest BCUT2D eigenvalue weighted by atomic mass is 10.1. The number of oxazole rings is 1. The van der Waals surface area contributed by atoms with Crippen LogP contribution in [0.1, 0.15) is 29.9 Å². The molecule has 1 aromatic carbocycles. The first kappa shape index (κ1) is 16.7. The Labute approximate surface area is 143 Å². The number of aromatic nitrogens is 1. The number of amides is 1. The molecule has 24 heavy (non-hydrogen) atoms. The van der Waals surface area contributed by atoms with Crippen LogP contribution in [-0.4, -0.2) is 42.0 Å². The fourth-order valence-corrected chi connectivity index (χ4v) is 3.04. The summed E-state index contributed by atoms with van der Waals surface area (Å²) < 4.78 is 5.80. The zero-order valence-corrected chi connectivity index (χ0v) is 14.5. The molecule has 2 aromatic rings. The normalized spacial score (nSPS) is 14.3. The van der Waals surface area contributed by atoms with Crippen molar-refractivity contribution in [1.82, 2.24) is 15.2 Å². The van der Waals surface area contributed by atoms with Gasteiger partial charge in [-0.3, -0.25) is 4.79 Å². The molecule has 1 aromatic heterocycles. The number of nitrogens with one attached hydrogen (secondary N) is 1. The lowest BCUT2D eigenvalue weighted by molar-refractivity contribution is -0.129. The Morgan fingerprint density at radius 1 is 1.29 bits per heavy atom. The maximum atomic E-state index is 12.0. The van der Waals surface area contributed by atoms with E-state index in [9.17, 15) is 4.79 Å². The SMILES string of the molecule is Cc1cccc(-c2nc(CCNCC(=O)N3CCCC3)c(C)o2)c1. The van der Waals surface area contributed by atoms with Gasteiger partial charge in [-0.1, -0.05) is 17.7 Å². The molecule has 1 N–H and O–H groups in total. The summed E-state index contributed by atoms with van der Waals surface area (Å²) in [6.07, 6.45) is 3.02. The molecular weight excluding hydrogens is 302 g/mol. The summed E-state index contributed by atoms with van der Waals surface area (Å²) in [4.78, 5) is 18.5. The van der Waals surface area contributed by atoms with Crippen molar-refractivity contribution in [2.75, 3.05) is 26.2 Å². The van der Waals surface area contributed by atoms with Crippen LogP contribution < -0.4 is 5.32 Å². The fraction of sp³-hybridized carbons (Fsp3) is 0.474. The number of hydrogen-bond donors (Lipinski definition) is 1. The van der Waals surface area contributed by atoms with Crippen LogP contribution in [0.5, 0.6) is 0 Å². The number of rotatable bonds is 6. The van der Waals surface area contributed by atoms with Crippen LogP contribution in [0.15, 0.2) is 28.7 Å². The van der Waals surface area contributed by atoms with Gasteiger partial charge in [-0.15, -0.1) is 0 Å². The van der Waals surface area contributed by atoms with Crippen molar-refractivity contribution in [1.29, 1.82) is 0 Å². The van der Waals surface area contributed by atoms with Crippen molar-refractivity contribution < 1.29 is 9.21 Å². The van der Waals surface area contributed by atoms with E-state index in [0.717, 1.165) is 55.9 Å². The number of likely N-dealkylation sites (tertiary alicyclic amines) is 1. The van der Waals surface area contributed by atoms with Crippen molar-refractivity contribution in [3.05, 3.63) is 41.3 Å². The van der Waals surface area contributed by atoms with Crippen LogP contribution in [0.25, 0.3) is 11.5 Å². The average Bonchev–Trinajstić information content (AvgIpc) is 3.21. The Balaban J connectivity index is 1.51. The largest absolute Gasteiger partial charge is 0.441 e. The van der Waals surface area contributed by atoms with E-state index in [4.69, 9.17) is 4.42 Å². The molecule has 0 unspecified atom stereocenters. The van der Waals surface area contributed by atoms with Crippen LogP contribution >= 0.6 is 0 Å². The predicted octanol–water partition coefficient (Wildman–Crippen LogP) is 2.71. The van der Waals surface area contributed by atoms with Gasteiger partial charge in [0.25, 0.3) is 0 Å². The van der Waals surface area contributed by atoms with Gasteiger partial charge >= 0.3 is 0 Å². The minimum atomic E-state index is 0.199. The summed E-state index contributed by atoms with van der Waals surface area (Å²) in [6.45, 7) is 6.94. The fourth-order valence-electron chi connectivity index (χ4n) is 3.04. The van der Waals surface area contributed by atoms with Gasteiger partial charge in [-0.05, 0) is 38.8 Å². The molecule has 5 heteroatoms. The van der Waals surface area contributed by atoms with Crippen molar-refractivity contribution in [3.8, 4) is 11.5 Å². The molecule has 128 valence electrons. The van der Waals surface area contributed by atoms with Gasteiger partial charge in [0.05, 0.1) is 12.2 Å². The maximum Gasteiger partial charge on any atom is 0.236 e. The van der Waals surface area contributed by atoms with Gasteiger partial charge in [0.1, 0.15) is 5.76 Å². The molecule has 0 bridgehead atoms. The standard InChI is InChI=1S/C19H25N3O2/c1-14-6-5-7-16(12-14)19-21-17(15(2)24-19)8-9-20-13-18(23)22-10-3-4-11-22/h5-7,12,20H,3-4,8-11,13H2,1-2H3. The molecule has 0 saturated carbocycles. The topological polar surface area (TPSA) is 58.4 Å². The minimum Gasteiger partial charge on any atom is -0.441 e. The first-order valence-corrected chi connectivity index (χ1v) is 8.65. The van der Waals surface area contributed by atoms with E-state index in [0.29, 0.717) is 12.4 Å². The number of hydrogen-bond acceptors (Lipinski definition) is 4. The van der Waals surface area contributed by atoms with E-state index in [1.807, 2.05) is 24.0 Å². The second-order valence-corrected chi connectivity index (χ2v) is 6.41. The van der Waals surface area contributed by atoms with Gasteiger partial charge in [0.2, 0.25) is 11.8 Å². The third-order valence-corrected chi connectivity index (χ3v) is 4.43. The molecule has 5 nitrogen and oxygen atoms in total. The van der Waals surface area contributed by atoms with Gasteiger partial charge in [-0.25, -0.2) is 4.98 Å². The summed E-state index contributed by atoms with van der Waals surface area (Å²) in [7, 11) is 0. The zero-order valence-electron chi connectivity index (χ0n) is 14.5. The van der Waals surface area contributed by atoms with Crippen LogP contribution in [-0.2, 0) is 11.2 Å². The highest BCUT2D eigenvalue weighted by Gasteiger charge is 2.17. The molecule has 1 saturated heterocycles.